The Morgan fingerprint density at radius 3 is 1.54 bits per heavy atom. The van der Waals surface area contributed by atoms with Gasteiger partial charge in [-0.1, -0.05) is 115 Å². The van der Waals surface area contributed by atoms with Crippen molar-refractivity contribution in [1.82, 2.24) is 23.9 Å². The molecule has 0 aliphatic carbocycles. The van der Waals surface area contributed by atoms with E-state index in [4.69, 9.17) is 15.0 Å². The van der Waals surface area contributed by atoms with Gasteiger partial charge in [-0.05, 0) is 59.3 Å². The average Bonchev–Trinajstić information content (AvgIpc) is 3.70. The van der Waals surface area contributed by atoms with Crippen LogP contribution in [0.3, 0.4) is 0 Å². The van der Waals surface area contributed by atoms with Gasteiger partial charge in [0.25, 0.3) is 0 Å². The third kappa shape index (κ3) is 3.69. The van der Waals surface area contributed by atoms with Gasteiger partial charge >= 0.3 is 0 Å². The molecule has 4 aromatic heterocycles. The Hall–Kier alpha value is -7.11. The number of nitrogens with zero attached hydrogens (tertiary/aromatic N) is 5. The lowest BCUT2D eigenvalue weighted by molar-refractivity contribution is 1.07. The first-order valence-electron chi connectivity index (χ1n) is 17.6. The van der Waals surface area contributed by atoms with Crippen LogP contribution in [0.15, 0.2) is 164 Å². The van der Waals surface area contributed by atoms with E-state index in [1.807, 2.05) is 60.7 Å². The van der Waals surface area contributed by atoms with Gasteiger partial charge < -0.3 is 8.97 Å². The van der Waals surface area contributed by atoms with Crippen molar-refractivity contribution in [3.63, 3.8) is 0 Å². The summed E-state index contributed by atoms with van der Waals surface area (Å²) in [5, 5.41) is 10.3. The first-order chi connectivity index (χ1) is 25.8. The molecule has 5 nitrogen and oxygen atoms in total. The molecule has 0 fully saturated rings. The van der Waals surface area contributed by atoms with E-state index in [0.717, 1.165) is 22.4 Å². The zero-order chi connectivity index (χ0) is 33.9. The van der Waals surface area contributed by atoms with Crippen LogP contribution in [-0.2, 0) is 0 Å². The summed E-state index contributed by atoms with van der Waals surface area (Å²) < 4.78 is 4.94. The molecule has 4 heterocycles. The fourth-order valence-electron chi connectivity index (χ4n) is 8.62. The molecular formula is C47H27N5. The second-order valence-electron chi connectivity index (χ2n) is 13.6. The van der Waals surface area contributed by atoms with E-state index < -0.39 is 0 Å². The molecule has 0 spiro atoms. The van der Waals surface area contributed by atoms with Crippen LogP contribution in [0, 0.1) is 0 Å². The van der Waals surface area contributed by atoms with Gasteiger partial charge in [-0.15, -0.1) is 0 Å². The van der Waals surface area contributed by atoms with Gasteiger partial charge in [0.05, 0.1) is 27.6 Å². The predicted molar refractivity (Wildman–Crippen MR) is 214 cm³/mol. The van der Waals surface area contributed by atoms with E-state index in [1.54, 1.807) is 0 Å². The highest BCUT2D eigenvalue weighted by Crippen LogP contribution is 2.47. The normalized spacial score (nSPS) is 12.2. The average molecular weight is 662 g/mol. The summed E-state index contributed by atoms with van der Waals surface area (Å²) in [7, 11) is 0. The smallest absolute Gasteiger partial charge is 0.164 e. The molecule has 0 unspecified atom stereocenters. The van der Waals surface area contributed by atoms with Crippen molar-refractivity contribution < 1.29 is 0 Å². The molecule has 0 saturated carbocycles. The largest absolute Gasteiger partial charge is 0.309 e. The summed E-state index contributed by atoms with van der Waals surface area (Å²) in [5.74, 6) is 1.96. The maximum Gasteiger partial charge on any atom is 0.164 e. The number of hydrogen-bond donors (Lipinski definition) is 0. The second kappa shape index (κ2) is 10.2. The highest BCUT2D eigenvalue weighted by molar-refractivity contribution is 6.37. The molecule has 0 aliphatic rings. The Labute approximate surface area is 297 Å². The SMILES string of the molecule is c1ccc(-c2nc(-c3ccccc3)nc(-c3ccc(-n4c5ccc6cccc7c6c5c5c6c(ccc8c9ccccc9n7c86)ccc54)cc3)n2)cc1. The van der Waals surface area contributed by atoms with E-state index in [1.165, 1.54) is 70.7 Å². The summed E-state index contributed by atoms with van der Waals surface area (Å²) >= 11 is 0. The molecule has 12 aromatic rings. The second-order valence-corrected chi connectivity index (χ2v) is 13.6. The lowest BCUT2D eigenvalue weighted by atomic mass is 9.98. The van der Waals surface area contributed by atoms with Crippen molar-refractivity contribution in [3.05, 3.63) is 164 Å². The van der Waals surface area contributed by atoms with Crippen LogP contribution in [0.25, 0.3) is 111 Å². The van der Waals surface area contributed by atoms with Crippen LogP contribution in [0.4, 0.5) is 0 Å². The number of benzene rings is 8. The maximum absolute atomic E-state index is 4.98. The lowest BCUT2D eigenvalue weighted by Crippen LogP contribution is -2.00. The minimum absolute atomic E-state index is 0.646. The zero-order valence-corrected chi connectivity index (χ0v) is 27.8. The monoisotopic (exact) mass is 661 g/mol. The van der Waals surface area contributed by atoms with Crippen LogP contribution < -0.4 is 0 Å². The summed E-state index contributed by atoms with van der Waals surface area (Å²) in [6, 6.07) is 58.2. The fraction of sp³-hybridized carbons (Fsp3) is 0. The molecule has 52 heavy (non-hydrogen) atoms. The highest BCUT2D eigenvalue weighted by atomic mass is 15.0. The third-order valence-corrected chi connectivity index (χ3v) is 10.9. The van der Waals surface area contributed by atoms with Gasteiger partial charge in [-0.25, -0.2) is 15.0 Å². The highest BCUT2D eigenvalue weighted by Gasteiger charge is 2.24. The molecular weight excluding hydrogens is 635 g/mol. The van der Waals surface area contributed by atoms with Crippen molar-refractivity contribution in [1.29, 1.82) is 0 Å². The Balaban J connectivity index is 1.12. The van der Waals surface area contributed by atoms with E-state index in [-0.39, 0.29) is 0 Å². The van der Waals surface area contributed by atoms with Crippen molar-refractivity contribution in [2.75, 3.05) is 0 Å². The summed E-state index contributed by atoms with van der Waals surface area (Å²) in [6.45, 7) is 0. The van der Waals surface area contributed by atoms with Crippen molar-refractivity contribution in [2.45, 2.75) is 0 Å². The van der Waals surface area contributed by atoms with E-state index >= 15 is 0 Å². The van der Waals surface area contributed by atoms with Crippen LogP contribution in [-0.4, -0.2) is 23.9 Å². The standard InChI is InChI=1S/C47H27N5/c1-3-10-30(11-4-1)45-48-46(31-12-5-2-6-13-31)50-47(49-45)32-18-23-33(24-19-32)51-38-26-21-28-14-9-17-37-40(28)42(38)43-39(51)27-22-29-20-25-35-34-15-7-8-16-36(34)52(37)44(35)41(29)43/h1-27H. The number of aromatic nitrogens is 5. The summed E-state index contributed by atoms with van der Waals surface area (Å²) in [6.07, 6.45) is 0. The molecule has 5 heteroatoms. The molecule has 0 radical (unpaired) electrons. The fourth-order valence-corrected chi connectivity index (χ4v) is 8.62. The molecule has 12 rings (SSSR count). The summed E-state index contributed by atoms with van der Waals surface area (Å²) in [4.78, 5) is 14.8. The molecule has 0 atom stereocenters. The molecule has 0 aliphatic heterocycles. The van der Waals surface area contributed by atoms with Crippen LogP contribution in [0.5, 0.6) is 0 Å². The number of fused-ring (bicyclic) bond motifs is 4. The van der Waals surface area contributed by atoms with E-state index in [0.29, 0.717) is 17.5 Å². The quantitative estimate of drug-likeness (QED) is 0.189. The van der Waals surface area contributed by atoms with Gasteiger partial charge in [0.15, 0.2) is 17.5 Å². The van der Waals surface area contributed by atoms with Crippen LogP contribution in [0.1, 0.15) is 0 Å². The third-order valence-electron chi connectivity index (χ3n) is 10.9. The predicted octanol–water partition coefficient (Wildman–Crippen LogP) is 11.7. The number of rotatable bonds is 4. The maximum atomic E-state index is 4.98. The Morgan fingerprint density at radius 1 is 0.327 bits per heavy atom. The Kier molecular flexibility index (Phi) is 5.44. The lowest BCUT2D eigenvalue weighted by Gasteiger charge is -2.12. The topological polar surface area (TPSA) is 48.0 Å². The Bertz CT molecular complexity index is 3260. The molecule has 240 valence electrons. The minimum atomic E-state index is 0.646. The van der Waals surface area contributed by atoms with Crippen molar-refractivity contribution in [3.8, 4) is 39.9 Å². The van der Waals surface area contributed by atoms with Crippen molar-refractivity contribution >= 4 is 70.7 Å². The van der Waals surface area contributed by atoms with Gasteiger partial charge in [0.2, 0.25) is 0 Å². The van der Waals surface area contributed by atoms with Gasteiger partial charge in [0.1, 0.15) is 0 Å². The molecule has 0 bridgehead atoms. The molecule has 0 amide bonds. The number of hydrogen-bond acceptors (Lipinski definition) is 3. The van der Waals surface area contributed by atoms with Crippen molar-refractivity contribution in [2.24, 2.45) is 0 Å². The molecule has 0 N–H and O–H groups in total. The first-order valence-corrected chi connectivity index (χ1v) is 17.6. The van der Waals surface area contributed by atoms with Crippen LogP contribution in [0.2, 0.25) is 0 Å². The first kappa shape index (κ1) is 27.7. The zero-order valence-electron chi connectivity index (χ0n) is 27.8. The van der Waals surface area contributed by atoms with E-state index in [9.17, 15) is 0 Å². The number of para-hydroxylation sites is 1. The van der Waals surface area contributed by atoms with Gasteiger partial charge in [-0.2, -0.15) is 0 Å². The van der Waals surface area contributed by atoms with Gasteiger partial charge in [-0.3, -0.25) is 0 Å². The molecule has 8 aromatic carbocycles. The summed E-state index contributed by atoms with van der Waals surface area (Å²) in [5.41, 5.74) is 10.1. The Morgan fingerprint density at radius 2 is 0.865 bits per heavy atom. The minimum Gasteiger partial charge on any atom is -0.309 e. The molecule has 0 saturated heterocycles. The van der Waals surface area contributed by atoms with Crippen LogP contribution >= 0.6 is 0 Å². The van der Waals surface area contributed by atoms with E-state index in [2.05, 4.69) is 112 Å². The van der Waals surface area contributed by atoms with Gasteiger partial charge in [0, 0.05) is 54.7 Å².